The summed E-state index contributed by atoms with van der Waals surface area (Å²) in [6.45, 7) is 3.67. The largest absolute Gasteiger partial charge is 0.460 e. The molecule has 4 heteroatoms. The molecule has 88 valence electrons. The first-order valence-electron chi connectivity index (χ1n) is 4.81. The van der Waals surface area contributed by atoms with Gasteiger partial charge in [0.2, 0.25) is 0 Å². The minimum atomic E-state index is -0.604. The van der Waals surface area contributed by atoms with E-state index in [1.54, 1.807) is 0 Å². The van der Waals surface area contributed by atoms with Gasteiger partial charge in [-0.15, -0.1) is 12.4 Å². The Balaban J connectivity index is 0.00000225. The molecule has 0 radical (unpaired) electrons. The average Bonchev–Trinajstić information content (AvgIpc) is 2.27. The maximum absolute atomic E-state index is 11.3. The fraction of sp³-hybridized carbons (Fsp3) is 0.250. The van der Waals surface area contributed by atoms with Crippen molar-refractivity contribution in [1.82, 2.24) is 0 Å². The summed E-state index contributed by atoms with van der Waals surface area (Å²) in [5, 5.41) is 0. The SMILES string of the molecule is C=CCOC(=O)[C@@H](N)Cc1ccccc1.Cl. The number of hydrogen-bond donors (Lipinski definition) is 1. The summed E-state index contributed by atoms with van der Waals surface area (Å²) in [5.74, 6) is -0.390. The summed E-state index contributed by atoms with van der Waals surface area (Å²) in [6.07, 6.45) is 2.02. The minimum absolute atomic E-state index is 0. The van der Waals surface area contributed by atoms with Crippen LogP contribution in [0.2, 0.25) is 0 Å². The second kappa shape index (κ2) is 7.91. The van der Waals surface area contributed by atoms with Crippen LogP contribution in [0.5, 0.6) is 0 Å². The molecule has 0 saturated carbocycles. The Bertz CT molecular complexity index is 327. The molecule has 0 bridgehead atoms. The molecule has 0 aromatic heterocycles. The van der Waals surface area contributed by atoms with E-state index in [0.29, 0.717) is 6.42 Å². The van der Waals surface area contributed by atoms with Crippen LogP contribution in [-0.2, 0) is 16.0 Å². The zero-order chi connectivity index (χ0) is 11.1. The van der Waals surface area contributed by atoms with E-state index in [9.17, 15) is 4.79 Å². The van der Waals surface area contributed by atoms with Crippen molar-refractivity contribution in [3.8, 4) is 0 Å². The third-order valence-electron chi connectivity index (χ3n) is 1.94. The van der Waals surface area contributed by atoms with Gasteiger partial charge in [0.05, 0.1) is 0 Å². The molecule has 1 aromatic rings. The lowest BCUT2D eigenvalue weighted by molar-refractivity contribution is -0.143. The lowest BCUT2D eigenvalue weighted by Crippen LogP contribution is -2.34. The molecule has 16 heavy (non-hydrogen) atoms. The van der Waals surface area contributed by atoms with Gasteiger partial charge in [-0.1, -0.05) is 43.0 Å². The van der Waals surface area contributed by atoms with Crippen LogP contribution in [0.4, 0.5) is 0 Å². The van der Waals surface area contributed by atoms with Crippen LogP contribution in [-0.4, -0.2) is 18.6 Å². The molecule has 1 rings (SSSR count). The van der Waals surface area contributed by atoms with Gasteiger partial charge in [0.15, 0.2) is 0 Å². The highest BCUT2D eigenvalue weighted by Gasteiger charge is 2.14. The highest BCUT2D eigenvalue weighted by atomic mass is 35.5. The lowest BCUT2D eigenvalue weighted by atomic mass is 10.1. The molecule has 0 spiro atoms. The zero-order valence-electron chi connectivity index (χ0n) is 8.96. The van der Waals surface area contributed by atoms with E-state index in [2.05, 4.69) is 6.58 Å². The molecule has 0 fully saturated rings. The summed E-state index contributed by atoms with van der Waals surface area (Å²) in [7, 11) is 0. The second-order valence-electron chi connectivity index (χ2n) is 3.21. The quantitative estimate of drug-likeness (QED) is 0.631. The van der Waals surface area contributed by atoms with Crippen LogP contribution >= 0.6 is 12.4 Å². The summed E-state index contributed by atoms with van der Waals surface area (Å²) in [4.78, 5) is 11.3. The topological polar surface area (TPSA) is 52.3 Å². The summed E-state index contributed by atoms with van der Waals surface area (Å²) in [6, 6.07) is 9.01. The van der Waals surface area contributed by atoms with Crippen molar-refractivity contribution in [2.75, 3.05) is 6.61 Å². The maximum atomic E-state index is 11.3. The average molecular weight is 242 g/mol. The molecule has 2 N–H and O–H groups in total. The van der Waals surface area contributed by atoms with Crippen molar-refractivity contribution in [2.24, 2.45) is 5.73 Å². The van der Waals surface area contributed by atoms with Crippen molar-refractivity contribution >= 4 is 18.4 Å². The summed E-state index contributed by atoms with van der Waals surface area (Å²) >= 11 is 0. The summed E-state index contributed by atoms with van der Waals surface area (Å²) in [5.41, 5.74) is 6.71. The van der Waals surface area contributed by atoms with E-state index in [4.69, 9.17) is 10.5 Å². The molecule has 0 unspecified atom stereocenters. The molecule has 0 heterocycles. The van der Waals surface area contributed by atoms with Gasteiger partial charge in [-0.3, -0.25) is 4.79 Å². The highest BCUT2D eigenvalue weighted by molar-refractivity contribution is 5.85. The van der Waals surface area contributed by atoms with Crippen LogP contribution in [0.25, 0.3) is 0 Å². The van der Waals surface area contributed by atoms with Gasteiger partial charge in [-0.05, 0) is 12.0 Å². The summed E-state index contributed by atoms with van der Waals surface area (Å²) < 4.78 is 4.84. The van der Waals surface area contributed by atoms with E-state index in [-0.39, 0.29) is 19.0 Å². The van der Waals surface area contributed by atoms with Gasteiger partial charge in [0.25, 0.3) is 0 Å². The highest BCUT2D eigenvalue weighted by Crippen LogP contribution is 2.02. The normalized spacial score (nSPS) is 11.1. The fourth-order valence-corrected chi connectivity index (χ4v) is 1.20. The van der Waals surface area contributed by atoms with Crippen molar-refractivity contribution in [3.05, 3.63) is 48.6 Å². The van der Waals surface area contributed by atoms with Crippen molar-refractivity contribution in [1.29, 1.82) is 0 Å². The number of rotatable bonds is 5. The molecular weight excluding hydrogens is 226 g/mol. The molecule has 3 nitrogen and oxygen atoms in total. The number of halogens is 1. The van der Waals surface area contributed by atoms with Gasteiger partial charge in [0, 0.05) is 0 Å². The van der Waals surface area contributed by atoms with Crippen molar-refractivity contribution in [2.45, 2.75) is 12.5 Å². The molecule has 0 aliphatic heterocycles. The Hall–Kier alpha value is -1.32. The van der Waals surface area contributed by atoms with Crippen LogP contribution in [0.1, 0.15) is 5.56 Å². The standard InChI is InChI=1S/C12H15NO2.ClH/c1-2-8-15-12(14)11(13)9-10-6-4-3-5-7-10;/h2-7,11H,1,8-9,13H2;1H/t11-;/m0./s1. The number of nitrogens with two attached hydrogens (primary N) is 1. The predicted octanol–water partition coefficient (Wildman–Crippen LogP) is 1.71. The van der Waals surface area contributed by atoms with E-state index in [0.717, 1.165) is 5.56 Å². The van der Waals surface area contributed by atoms with Gasteiger partial charge < -0.3 is 10.5 Å². The Morgan fingerprint density at radius 2 is 2.06 bits per heavy atom. The van der Waals surface area contributed by atoms with Gasteiger partial charge >= 0.3 is 5.97 Å². The zero-order valence-corrected chi connectivity index (χ0v) is 9.78. The Kier molecular flexibility index (Phi) is 7.25. The second-order valence-corrected chi connectivity index (χ2v) is 3.21. The first-order valence-corrected chi connectivity index (χ1v) is 4.81. The maximum Gasteiger partial charge on any atom is 0.323 e. The van der Waals surface area contributed by atoms with Crippen molar-refractivity contribution in [3.63, 3.8) is 0 Å². The number of carbonyl (C=O) groups is 1. The molecule has 1 aromatic carbocycles. The first kappa shape index (κ1) is 14.7. The molecule has 0 saturated heterocycles. The minimum Gasteiger partial charge on any atom is -0.460 e. The van der Waals surface area contributed by atoms with Gasteiger partial charge in [-0.25, -0.2) is 0 Å². The van der Waals surface area contributed by atoms with Gasteiger partial charge in [-0.2, -0.15) is 0 Å². The molecule has 0 amide bonds. The third kappa shape index (κ3) is 4.96. The van der Waals surface area contributed by atoms with E-state index < -0.39 is 12.0 Å². The number of hydrogen-bond acceptors (Lipinski definition) is 3. The van der Waals surface area contributed by atoms with Crippen molar-refractivity contribution < 1.29 is 9.53 Å². The van der Waals surface area contributed by atoms with Crippen LogP contribution in [0, 0.1) is 0 Å². The Morgan fingerprint density at radius 3 is 2.62 bits per heavy atom. The van der Waals surface area contributed by atoms with Crippen LogP contribution in [0.3, 0.4) is 0 Å². The third-order valence-corrected chi connectivity index (χ3v) is 1.94. The Labute approximate surface area is 102 Å². The number of esters is 1. The number of carbonyl (C=O) groups excluding carboxylic acids is 1. The van der Waals surface area contributed by atoms with E-state index >= 15 is 0 Å². The smallest absolute Gasteiger partial charge is 0.323 e. The monoisotopic (exact) mass is 241 g/mol. The molecule has 0 aliphatic rings. The molecule has 1 atom stereocenters. The van der Waals surface area contributed by atoms with Crippen LogP contribution < -0.4 is 5.73 Å². The lowest BCUT2D eigenvalue weighted by Gasteiger charge is -2.10. The van der Waals surface area contributed by atoms with Gasteiger partial charge in [0.1, 0.15) is 12.6 Å². The Morgan fingerprint density at radius 1 is 1.44 bits per heavy atom. The number of ether oxygens (including phenoxy) is 1. The molecule has 0 aliphatic carbocycles. The fourth-order valence-electron chi connectivity index (χ4n) is 1.20. The van der Waals surface area contributed by atoms with Crippen LogP contribution in [0.15, 0.2) is 43.0 Å². The molecular formula is C12H16ClNO2. The predicted molar refractivity (Wildman–Crippen MR) is 66.5 cm³/mol. The van der Waals surface area contributed by atoms with E-state index in [1.807, 2.05) is 30.3 Å². The number of benzene rings is 1. The first-order chi connectivity index (χ1) is 7.24. The van der Waals surface area contributed by atoms with E-state index in [1.165, 1.54) is 6.08 Å².